The molecule has 1 unspecified atom stereocenters. The van der Waals surface area contributed by atoms with Gasteiger partial charge in [0, 0.05) is 13.1 Å². The second kappa shape index (κ2) is 9.97. The Hall–Kier alpha value is -1.85. The van der Waals surface area contributed by atoms with Crippen molar-refractivity contribution in [1.29, 1.82) is 0 Å². The highest BCUT2D eigenvalue weighted by molar-refractivity contribution is 5.66. The number of nitrogens with zero attached hydrogens (tertiary/aromatic N) is 1. The molecule has 1 atom stereocenters. The molecule has 0 amide bonds. The summed E-state index contributed by atoms with van der Waals surface area (Å²) in [5, 5.41) is 18.8. The molecule has 0 aliphatic carbocycles. The summed E-state index contributed by atoms with van der Waals surface area (Å²) in [5.41, 5.74) is 1.03. The molecule has 0 aliphatic rings. The molecule has 1 rings (SSSR count). The number of hydrogen-bond donors (Lipinski definition) is 2. The van der Waals surface area contributed by atoms with E-state index in [0.29, 0.717) is 26.1 Å². The Morgan fingerprint density at radius 2 is 2.18 bits per heavy atom. The van der Waals surface area contributed by atoms with Crippen molar-refractivity contribution in [2.45, 2.75) is 25.9 Å². The first kappa shape index (κ1) is 18.2. The normalized spacial score (nSPS) is 12.1. The van der Waals surface area contributed by atoms with Gasteiger partial charge in [-0.25, -0.2) is 0 Å². The van der Waals surface area contributed by atoms with Gasteiger partial charge in [0.25, 0.3) is 0 Å². The van der Waals surface area contributed by atoms with Gasteiger partial charge in [0.1, 0.15) is 18.5 Å². The van der Waals surface area contributed by atoms with E-state index in [1.54, 1.807) is 0 Å². The van der Waals surface area contributed by atoms with Crippen LogP contribution < -0.4 is 4.74 Å². The average Bonchev–Trinajstić information content (AvgIpc) is 2.50. The Labute approximate surface area is 131 Å². The van der Waals surface area contributed by atoms with Crippen LogP contribution in [0.2, 0.25) is 0 Å². The number of rotatable bonds is 11. The van der Waals surface area contributed by atoms with Gasteiger partial charge in [-0.1, -0.05) is 31.2 Å². The molecule has 5 heteroatoms. The summed E-state index contributed by atoms with van der Waals surface area (Å²) < 4.78 is 5.68. The van der Waals surface area contributed by atoms with Crippen molar-refractivity contribution in [3.8, 4) is 5.75 Å². The van der Waals surface area contributed by atoms with Crippen LogP contribution in [0.25, 0.3) is 0 Å². The third kappa shape index (κ3) is 6.74. The maximum atomic E-state index is 10.6. The first-order valence-electron chi connectivity index (χ1n) is 7.50. The molecular formula is C17H25NO4. The zero-order valence-corrected chi connectivity index (χ0v) is 13.1. The highest BCUT2D eigenvalue weighted by atomic mass is 16.5. The third-order valence-corrected chi connectivity index (χ3v) is 3.33. The standard InChI is InChI=1S/C17H25NO4/c1-3-7-14-8-5-6-9-16(14)22-13-15(19)12-18(4-2)11-10-17(20)21/h3,5-6,8-9,15,19H,1,4,7,10-13H2,2H3,(H,20,21). The number of aliphatic carboxylic acids is 1. The molecule has 1 aromatic rings. The number of carboxylic acids is 1. The minimum absolute atomic E-state index is 0.0730. The van der Waals surface area contributed by atoms with Gasteiger partial charge < -0.3 is 19.8 Å². The number of aliphatic hydroxyl groups excluding tert-OH is 1. The Bertz CT molecular complexity index is 475. The van der Waals surface area contributed by atoms with Crippen LogP contribution in [0.3, 0.4) is 0 Å². The van der Waals surface area contributed by atoms with E-state index in [9.17, 15) is 9.90 Å². The van der Waals surface area contributed by atoms with Crippen LogP contribution in [0.15, 0.2) is 36.9 Å². The fraction of sp³-hybridized carbons (Fsp3) is 0.471. The zero-order valence-electron chi connectivity index (χ0n) is 13.1. The fourth-order valence-electron chi connectivity index (χ4n) is 2.14. The first-order valence-corrected chi connectivity index (χ1v) is 7.50. The topological polar surface area (TPSA) is 70.0 Å². The van der Waals surface area contributed by atoms with Crippen molar-refractivity contribution in [2.75, 3.05) is 26.2 Å². The smallest absolute Gasteiger partial charge is 0.304 e. The van der Waals surface area contributed by atoms with E-state index in [4.69, 9.17) is 9.84 Å². The van der Waals surface area contributed by atoms with Crippen LogP contribution in [-0.2, 0) is 11.2 Å². The summed E-state index contributed by atoms with van der Waals surface area (Å²) >= 11 is 0. The maximum absolute atomic E-state index is 10.6. The highest BCUT2D eigenvalue weighted by Gasteiger charge is 2.13. The first-order chi connectivity index (χ1) is 10.6. The lowest BCUT2D eigenvalue weighted by Crippen LogP contribution is -2.36. The Morgan fingerprint density at radius 3 is 2.82 bits per heavy atom. The number of allylic oxidation sites excluding steroid dienone is 1. The average molecular weight is 307 g/mol. The number of hydrogen-bond acceptors (Lipinski definition) is 4. The Morgan fingerprint density at radius 1 is 1.45 bits per heavy atom. The van der Waals surface area contributed by atoms with E-state index in [0.717, 1.165) is 11.3 Å². The number of para-hydroxylation sites is 1. The molecule has 0 saturated heterocycles. The summed E-state index contributed by atoms with van der Waals surface area (Å²) in [6.07, 6.45) is 1.93. The zero-order chi connectivity index (χ0) is 16.4. The molecule has 5 nitrogen and oxygen atoms in total. The van der Waals surface area contributed by atoms with Crippen LogP contribution >= 0.6 is 0 Å². The molecule has 0 saturated carbocycles. The van der Waals surface area contributed by atoms with Crippen molar-refractivity contribution < 1.29 is 19.7 Å². The third-order valence-electron chi connectivity index (χ3n) is 3.33. The summed E-state index contributed by atoms with van der Waals surface area (Å²) in [4.78, 5) is 12.5. The van der Waals surface area contributed by atoms with E-state index in [1.807, 2.05) is 42.2 Å². The van der Waals surface area contributed by atoms with Crippen LogP contribution in [0, 0.1) is 0 Å². The number of aliphatic hydroxyl groups is 1. The van der Waals surface area contributed by atoms with E-state index < -0.39 is 12.1 Å². The van der Waals surface area contributed by atoms with Crippen LogP contribution in [0.5, 0.6) is 5.75 Å². The van der Waals surface area contributed by atoms with Crippen LogP contribution in [0.4, 0.5) is 0 Å². The molecular weight excluding hydrogens is 282 g/mol. The van der Waals surface area contributed by atoms with Gasteiger partial charge in [0.2, 0.25) is 0 Å². The molecule has 0 spiro atoms. The number of carbonyl (C=O) groups is 1. The lowest BCUT2D eigenvalue weighted by molar-refractivity contribution is -0.137. The van der Waals surface area contributed by atoms with Gasteiger partial charge in [-0.05, 0) is 24.6 Å². The van der Waals surface area contributed by atoms with E-state index in [2.05, 4.69) is 6.58 Å². The maximum Gasteiger partial charge on any atom is 0.304 e. The summed E-state index contributed by atoms with van der Waals surface area (Å²) in [7, 11) is 0. The van der Waals surface area contributed by atoms with Crippen molar-refractivity contribution in [3.63, 3.8) is 0 Å². The number of benzene rings is 1. The van der Waals surface area contributed by atoms with Gasteiger partial charge in [-0.15, -0.1) is 6.58 Å². The lowest BCUT2D eigenvalue weighted by atomic mass is 10.1. The SMILES string of the molecule is C=CCc1ccccc1OCC(O)CN(CC)CCC(=O)O. The molecule has 0 aromatic heterocycles. The van der Waals surface area contributed by atoms with E-state index >= 15 is 0 Å². The van der Waals surface area contributed by atoms with Crippen molar-refractivity contribution >= 4 is 5.97 Å². The minimum Gasteiger partial charge on any atom is -0.491 e. The molecule has 0 fully saturated rings. The van der Waals surface area contributed by atoms with Crippen molar-refractivity contribution in [1.82, 2.24) is 4.90 Å². The molecule has 22 heavy (non-hydrogen) atoms. The Kier molecular flexibility index (Phi) is 8.25. The molecule has 0 radical (unpaired) electrons. The van der Waals surface area contributed by atoms with Crippen LogP contribution in [-0.4, -0.2) is 53.4 Å². The predicted octanol–water partition coefficient (Wildman–Crippen LogP) is 1.95. The van der Waals surface area contributed by atoms with Gasteiger partial charge in [0.15, 0.2) is 0 Å². The van der Waals surface area contributed by atoms with Crippen molar-refractivity contribution in [2.24, 2.45) is 0 Å². The fourth-order valence-corrected chi connectivity index (χ4v) is 2.14. The summed E-state index contributed by atoms with van der Waals surface area (Å²) in [5.74, 6) is -0.0856. The summed E-state index contributed by atoms with van der Waals surface area (Å²) in [6, 6.07) is 7.66. The largest absolute Gasteiger partial charge is 0.491 e. The molecule has 2 N–H and O–H groups in total. The van der Waals surface area contributed by atoms with Gasteiger partial charge in [-0.3, -0.25) is 4.79 Å². The number of carboxylic acid groups (broad SMARTS) is 1. The predicted molar refractivity (Wildman–Crippen MR) is 86.2 cm³/mol. The lowest BCUT2D eigenvalue weighted by Gasteiger charge is -2.23. The second-order valence-corrected chi connectivity index (χ2v) is 5.10. The molecule has 1 aromatic carbocycles. The van der Waals surface area contributed by atoms with Gasteiger partial charge in [0.05, 0.1) is 6.42 Å². The monoisotopic (exact) mass is 307 g/mol. The van der Waals surface area contributed by atoms with E-state index in [-0.39, 0.29) is 13.0 Å². The van der Waals surface area contributed by atoms with Crippen molar-refractivity contribution in [3.05, 3.63) is 42.5 Å². The second-order valence-electron chi connectivity index (χ2n) is 5.10. The van der Waals surface area contributed by atoms with Gasteiger partial charge in [-0.2, -0.15) is 0 Å². The van der Waals surface area contributed by atoms with Gasteiger partial charge >= 0.3 is 5.97 Å². The minimum atomic E-state index is -0.831. The number of ether oxygens (including phenoxy) is 1. The van der Waals surface area contributed by atoms with E-state index in [1.165, 1.54) is 0 Å². The number of likely N-dealkylation sites (N-methyl/N-ethyl adjacent to an activating group) is 1. The summed E-state index contributed by atoms with van der Waals surface area (Å²) in [6.45, 7) is 7.35. The molecule has 0 aliphatic heterocycles. The highest BCUT2D eigenvalue weighted by Crippen LogP contribution is 2.19. The molecule has 0 heterocycles. The molecule has 122 valence electrons. The quantitative estimate of drug-likeness (QED) is 0.612. The van der Waals surface area contributed by atoms with Crippen LogP contribution in [0.1, 0.15) is 18.9 Å². The Balaban J connectivity index is 2.46. The molecule has 0 bridgehead atoms.